The molecule has 3 aromatic rings. The van der Waals surface area contributed by atoms with Crippen molar-refractivity contribution in [1.82, 2.24) is 0 Å². The van der Waals surface area contributed by atoms with Crippen LogP contribution >= 0.6 is 0 Å². The Labute approximate surface area is 113 Å². The Hall–Kier alpha value is -2.88. The number of ether oxygens (including phenoxy) is 1. The van der Waals surface area contributed by atoms with E-state index in [1.165, 1.54) is 0 Å². The molecule has 2 N–H and O–H groups in total. The van der Waals surface area contributed by atoms with Gasteiger partial charge in [0.05, 0.1) is 11.1 Å². The van der Waals surface area contributed by atoms with Gasteiger partial charge in [-0.2, -0.15) is 0 Å². The zero-order valence-corrected chi connectivity index (χ0v) is 10.3. The Morgan fingerprint density at radius 1 is 0.850 bits per heavy atom. The van der Waals surface area contributed by atoms with Crippen LogP contribution in [0.1, 0.15) is 20.7 Å². The highest BCUT2D eigenvalue weighted by atomic mass is 16.6. The van der Waals surface area contributed by atoms with Gasteiger partial charge >= 0.3 is 11.9 Å². The van der Waals surface area contributed by atoms with E-state index in [-0.39, 0.29) is 0 Å². The lowest BCUT2D eigenvalue weighted by molar-refractivity contribution is 0.0393. The Morgan fingerprint density at radius 3 is 2.35 bits per heavy atom. The van der Waals surface area contributed by atoms with Crippen molar-refractivity contribution in [1.29, 1.82) is 0 Å². The molecular formula is C16H9NO3. The van der Waals surface area contributed by atoms with Crippen LogP contribution in [0.25, 0.3) is 21.5 Å². The van der Waals surface area contributed by atoms with Crippen molar-refractivity contribution in [2.75, 3.05) is 5.73 Å². The summed E-state index contributed by atoms with van der Waals surface area (Å²) >= 11 is 0. The molecular weight excluding hydrogens is 254 g/mol. The van der Waals surface area contributed by atoms with Crippen LogP contribution in [0, 0.1) is 0 Å². The molecule has 1 aliphatic rings. The van der Waals surface area contributed by atoms with Gasteiger partial charge in [0.25, 0.3) is 0 Å². The lowest BCUT2D eigenvalue weighted by atomic mass is 9.91. The Morgan fingerprint density at radius 2 is 1.55 bits per heavy atom. The van der Waals surface area contributed by atoms with Gasteiger partial charge in [-0.25, -0.2) is 9.59 Å². The highest BCUT2D eigenvalue weighted by Gasteiger charge is 2.29. The Balaban J connectivity index is 2.37. The molecule has 4 heteroatoms. The van der Waals surface area contributed by atoms with Gasteiger partial charge in [0.15, 0.2) is 0 Å². The number of anilines is 1. The largest absolute Gasteiger partial charge is 0.398 e. The molecule has 0 unspecified atom stereocenters. The van der Waals surface area contributed by atoms with E-state index in [2.05, 4.69) is 0 Å². The third-order valence-corrected chi connectivity index (χ3v) is 3.65. The monoisotopic (exact) mass is 263 g/mol. The minimum Gasteiger partial charge on any atom is -0.398 e. The van der Waals surface area contributed by atoms with E-state index in [0.717, 1.165) is 10.8 Å². The first-order chi connectivity index (χ1) is 9.66. The summed E-state index contributed by atoms with van der Waals surface area (Å²) in [6.07, 6.45) is 0. The van der Waals surface area contributed by atoms with Gasteiger partial charge in [-0.15, -0.1) is 0 Å². The molecule has 0 fully saturated rings. The van der Waals surface area contributed by atoms with E-state index in [9.17, 15) is 9.59 Å². The molecule has 0 spiro atoms. The van der Waals surface area contributed by atoms with Crippen LogP contribution in [0.2, 0.25) is 0 Å². The first-order valence-corrected chi connectivity index (χ1v) is 6.17. The van der Waals surface area contributed by atoms with E-state index >= 15 is 0 Å². The van der Waals surface area contributed by atoms with Crippen LogP contribution in [0.15, 0.2) is 42.5 Å². The zero-order valence-electron chi connectivity index (χ0n) is 10.3. The maximum Gasteiger partial charge on any atom is 0.347 e. The number of benzene rings is 3. The summed E-state index contributed by atoms with van der Waals surface area (Å²) < 4.78 is 4.83. The molecule has 0 radical (unpaired) electrons. The zero-order chi connectivity index (χ0) is 13.9. The minimum atomic E-state index is -0.637. The Bertz CT molecular complexity index is 928. The summed E-state index contributed by atoms with van der Waals surface area (Å²) in [5.74, 6) is -1.25. The molecule has 1 heterocycles. The summed E-state index contributed by atoms with van der Waals surface area (Å²) in [5.41, 5.74) is 7.29. The van der Waals surface area contributed by atoms with Crippen LogP contribution in [-0.2, 0) is 4.74 Å². The summed E-state index contributed by atoms with van der Waals surface area (Å²) in [5, 5.41) is 2.96. The smallest absolute Gasteiger partial charge is 0.347 e. The number of carbonyl (C=O) groups is 2. The second kappa shape index (κ2) is 3.57. The number of hydrogen-bond donors (Lipinski definition) is 1. The molecule has 0 saturated carbocycles. The fourth-order valence-corrected chi connectivity index (χ4v) is 2.82. The highest BCUT2D eigenvalue weighted by molar-refractivity contribution is 6.28. The molecule has 0 atom stereocenters. The third-order valence-electron chi connectivity index (χ3n) is 3.65. The fourth-order valence-electron chi connectivity index (χ4n) is 2.82. The van der Waals surface area contributed by atoms with Crippen LogP contribution in [0.5, 0.6) is 0 Å². The van der Waals surface area contributed by atoms with Gasteiger partial charge < -0.3 is 10.5 Å². The van der Waals surface area contributed by atoms with Crippen molar-refractivity contribution in [3.63, 3.8) is 0 Å². The molecule has 4 nitrogen and oxygen atoms in total. The molecule has 3 aromatic carbocycles. The van der Waals surface area contributed by atoms with Gasteiger partial charge in [-0.1, -0.05) is 24.3 Å². The number of esters is 2. The van der Waals surface area contributed by atoms with E-state index < -0.39 is 11.9 Å². The standard InChI is InChI=1S/C16H9NO3/c17-11-6-2-4-9-7-8-3-1-5-10-12(8)14(13(9)11)16(19)20-15(10)18/h1-7H,17H2. The van der Waals surface area contributed by atoms with Crippen LogP contribution < -0.4 is 5.73 Å². The maximum absolute atomic E-state index is 12.2. The lowest BCUT2D eigenvalue weighted by Crippen LogP contribution is -2.20. The number of hydrogen-bond acceptors (Lipinski definition) is 4. The van der Waals surface area contributed by atoms with Crippen molar-refractivity contribution in [2.45, 2.75) is 0 Å². The van der Waals surface area contributed by atoms with Gasteiger partial charge in [0.1, 0.15) is 0 Å². The van der Waals surface area contributed by atoms with Gasteiger partial charge in [-0.3, -0.25) is 0 Å². The third kappa shape index (κ3) is 1.25. The minimum absolute atomic E-state index is 0.380. The van der Waals surface area contributed by atoms with Crippen molar-refractivity contribution in [2.24, 2.45) is 0 Å². The summed E-state index contributed by atoms with van der Waals surface area (Å²) in [7, 11) is 0. The molecule has 1 aliphatic heterocycles. The summed E-state index contributed by atoms with van der Waals surface area (Å²) in [6.45, 7) is 0. The number of fused-ring (bicyclic) bond motifs is 2. The number of nitrogen functional groups attached to an aromatic ring is 1. The van der Waals surface area contributed by atoms with Crippen LogP contribution in [0.4, 0.5) is 5.69 Å². The maximum atomic E-state index is 12.2. The molecule has 4 rings (SSSR count). The van der Waals surface area contributed by atoms with Gasteiger partial charge in [0.2, 0.25) is 0 Å². The Kier molecular flexibility index (Phi) is 1.96. The van der Waals surface area contributed by atoms with E-state index in [1.54, 1.807) is 18.2 Å². The average Bonchev–Trinajstić information content (AvgIpc) is 2.43. The predicted octanol–water partition coefficient (Wildman–Crippen LogP) is 2.89. The van der Waals surface area contributed by atoms with Crippen molar-refractivity contribution >= 4 is 39.2 Å². The molecule has 0 saturated heterocycles. The number of nitrogens with two attached hydrogens (primary N) is 1. The quantitative estimate of drug-likeness (QED) is 0.293. The second-order valence-corrected chi connectivity index (χ2v) is 4.78. The first kappa shape index (κ1) is 11.0. The van der Waals surface area contributed by atoms with Crippen LogP contribution in [-0.4, -0.2) is 11.9 Å². The first-order valence-electron chi connectivity index (χ1n) is 6.17. The van der Waals surface area contributed by atoms with Gasteiger partial charge in [-0.05, 0) is 29.0 Å². The van der Waals surface area contributed by atoms with E-state index in [1.807, 2.05) is 24.3 Å². The molecule has 0 bridgehead atoms. The SMILES string of the molecule is Nc1cccc2cc3cccc4c3c(c12)C(=O)OC4=O. The second-order valence-electron chi connectivity index (χ2n) is 4.78. The molecule has 20 heavy (non-hydrogen) atoms. The molecule has 0 aliphatic carbocycles. The number of cyclic esters (lactones) is 2. The van der Waals surface area contributed by atoms with Gasteiger partial charge in [0, 0.05) is 16.5 Å². The van der Waals surface area contributed by atoms with E-state index in [4.69, 9.17) is 10.5 Å². The fraction of sp³-hybridized carbons (Fsp3) is 0. The topological polar surface area (TPSA) is 69.4 Å². The molecule has 0 aromatic heterocycles. The summed E-state index contributed by atoms with van der Waals surface area (Å²) in [6, 6.07) is 12.7. The van der Waals surface area contributed by atoms with Crippen molar-refractivity contribution < 1.29 is 14.3 Å². The van der Waals surface area contributed by atoms with Crippen molar-refractivity contribution in [3.05, 3.63) is 53.6 Å². The average molecular weight is 263 g/mol. The predicted molar refractivity (Wildman–Crippen MR) is 75.6 cm³/mol. The highest BCUT2D eigenvalue weighted by Crippen LogP contribution is 2.36. The number of carbonyl (C=O) groups excluding carboxylic acids is 2. The normalized spacial score (nSPS) is 13.8. The number of rotatable bonds is 0. The van der Waals surface area contributed by atoms with Crippen molar-refractivity contribution in [3.8, 4) is 0 Å². The van der Waals surface area contributed by atoms with Crippen LogP contribution in [0.3, 0.4) is 0 Å². The van der Waals surface area contributed by atoms with E-state index in [0.29, 0.717) is 27.6 Å². The lowest BCUT2D eigenvalue weighted by Gasteiger charge is -2.18. The summed E-state index contributed by atoms with van der Waals surface area (Å²) in [4.78, 5) is 24.0. The molecule has 96 valence electrons. The molecule has 0 amide bonds.